The molecule has 2 aromatic carbocycles. The molecule has 1 N–H and O–H groups in total. The smallest absolute Gasteiger partial charge is 0.257 e. The second-order valence-corrected chi connectivity index (χ2v) is 7.26. The van der Waals surface area contributed by atoms with Crippen molar-refractivity contribution in [1.82, 2.24) is 10.2 Å². The maximum atomic E-state index is 13.0. The van der Waals surface area contributed by atoms with Crippen LogP contribution < -0.4 is 10.1 Å². The quantitative estimate of drug-likeness (QED) is 0.884. The number of carbonyl (C=O) groups excluding carboxylic acids is 2. The number of amides is 2. The SMILES string of the molecule is COc1ccccc1C(=O)N1CCC[C@](C)(C(=O)NCc2ccccc2)C1. The van der Waals surface area contributed by atoms with Crippen LogP contribution in [0, 0.1) is 5.41 Å². The molecule has 1 aliphatic rings. The molecule has 1 aliphatic heterocycles. The number of nitrogens with one attached hydrogen (secondary N) is 1. The fourth-order valence-corrected chi connectivity index (χ4v) is 3.58. The average Bonchev–Trinajstić information content (AvgIpc) is 2.72. The van der Waals surface area contributed by atoms with Crippen molar-refractivity contribution in [3.05, 3.63) is 65.7 Å². The van der Waals surface area contributed by atoms with Gasteiger partial charge in [-0.1, -0.05) is 42.5 Å². The Morgan fingerprint density at radius 3 is 2.56 bits per heavy atom. The number of likely N-dealkylation sites (tertiary alicyclic amines) is 1. The molecule has 1 saturated heterocycles. The molecule has 1 fully saturated rings. The lowest BCUT2D eigenvalue weighted by Crippen LogP contribution is -2.51. The number of benzene rings is 2. The summed E-state index contributed by atoms with van der Waals surface area (Å²) in [6.45, 7) is 3.49. The number of nitrogens with zero attached hydrogens (tertiary/aromatic N) is 1. The summed E-state index contributed by atoms with van der Waals surface area (Å²) in [7, 11) is 1.56. The summed E-state index contributed by atoms with van der Waals surface area (Å²) in [6.07, 6.45) is 1.57. The highest BCUT2D eigenvalue weighted by molar-refractivity contribution is 5.97. The highest BCUT2D eigenvalue weighted by Gasteiger charge is 2.39. The van der Waals surface area contributed by atoms with Crippen LogP contribution in [0.3, 0.4) is 0 Å². The molecule has 0 aliphatic carbocycles. The van der Waals surface area contributed by atoms with E-state index in [0.29, 0.717) is 30.9 Å². The van der Waals surface area contributed by atoms with Crippen molar-refractivity contribution in [2.24, 2.45) is 5.41 Å². The van der Waals surface area contributed by atoms with Gasteiger partial charge in [-0.2, -0.15) is 0 Å². The molecule has 142 valence electrons. The van der Waals surface area contributed by atoms with E-state index in [1.54, 1.807) is 24.1 Å². The van der Waals surface area contributed by atoms with Crippen LogP contribution in [0.15, 0.2) is 54.6 Å². The molecule has 0 bridgehead atoms. The van der Waals surface area contributed by atoms with E-state index < -0.39 is 5.41 Å². The van der Waals surface area contributed by atoms with Crippen molar-refractivity contribution >= 4 is 11.8 Å². The summed E-state index contributed by atoms with van der Waals surface area (Å²) in [4.78, 5) is 27.6. The van der Waals surface area contributed by atoms with Gasteiger partial charge in [0.2, 0.25) is 5.91 Å². The van der Waals surface area contributed by atoms with Crippen LogP contribution >= 0.6 is 0 Å². The normalized spacial score (nSPS) is 19.4. The van der Waals surface area contributed by atoms with Crippen molar-refractivity contribution in [2.75, 3.05) is 20.2 Å². The molecule has 0 unspecified atom stereocenters. The molecular weight excluding hydrogens is 340 g/mol. The van der Waals surface area contributed by atoms with E-state index in [9.17, 15) is 9.59 Å². The second kappa shape index (κ2) is 8.25. The molecule has 0 saturated carbocycles. The number of hydrogen-bond donors (Lipinski definition) is 1. The van der Waals surface area contributed by atoms with Crippen LogP contribution in [-0.4, -0.2) is 36.9 Å². The van der Waals surface area contributed by atoms with Crippen LogP contribution in [0.25, 0.3) is 0 Å². The highest BCUT2D eigenvalue weighted by Crippen LogP contribution is 2.31. The van der Waals surface area contributed by atoms with E-state index in [4.69, 9.17) is 4.74 Å². The Hall–Kier alpha value is -2.82. The van der Waals surface area contributed by atoms with Crippen molar-refractivity contribution in [3.63, 3.8) is 0 Å². The maximum Gasteiger partial charge on any atom is 0.257 e. The van der Waals surface area contributed by atoms with Crippen molar-refractivity contribution < 1.29 is 14.3 Å². The van der Waals surface area contributed by atoms with Gasteiger partial charge in [0.25, 0.3) is 5.91 Å². The fraction of sp³-hybridized carbons (Fsp3) is 0.364. The van der Waals surface area contributed by atoms with Crippen LogP contribution in [0.1, 0.15) is 35.7 Å². The Bertz CT molecular complexity index is 806. The van der Waals surface area contributed by atoms with Gasteiger partial charge in [-0.25, -0.2) is 0 Å². The monoisotopic (exact) mass is 366 g/mol. The first-order valence-corrected chi connectivity index (χ1v) is 9.28. The lowest BCUT2D eigenvalue weighted by Gasteiger charge is -2.39. The summed E-state index contributed by atoms with van der Waals surface area (Å²) in [5.41, 5.74) is 1.01. The number of carbonyl (C=O) groups is 2. The molecule has 0 radical (unpaired) electrons. The zero-order valence-corrected chi connectivity index (χ0v) is 15.9. The van der Waals surface area contributed by atoms with E-state index in [1.165, 1.54) is 0 Å². The first-order chi connectivity index (χ1) is 13.0. The van der Waals surface area contributed by atoms with Crippen LogP contribution in [-0.2, 0) is 11.3 Å². The minimum Gasteiger partial charge on any atom is -0.496 e. The number of hydrogen-bond acceptors (Lipinski definition) is 3. The van der Waals surface area contributed by atoms with Gasteiger partial charge in [0.05, 0.1) is 18.1 Å². The molecular formula is C22H26N2O3. The molecule has 2 amide bonds. The number of methoxy groups -OCH3 is 1. The van der Waals surface area contributed by atoms with Crippen LogP contribution in [0.4, 0.5) is 0 Å². The van der Waals surface area contributed by atoms with Gasteiger partial charge in [-0.3, -0.25) is 9.59 Å². The summed E-state index contributed by atoms with van der Waals surface area (Å²) in [5, 5.41) is 3.03. The zero-order valence-electron chi connectivity index (χ0n) is 15.9. The number of rotatable bonds is 5. The summed E-state index contributed by atoms with van der Waals surface area (Å²) in [6, 6.07) is 17.1. The van der Waals surface area contributed by atoms with Gasteiger partial charge in [0.15, 0.2) is 0 Å². The number of para-hydroxylation sites is 1. The van der Waals surface area contributed by atoms with Gasteiger partial charge in [0.1, 0.15) is 5.75 Å². The molecule has 5 nitrogen and oxygen atoms in total. The predicted octanol–water partition coefficient (Wildman–Crippen LogP) is 3.25. The third kappa shape index (κ3) is 4.30. The standard InChI is InChI=1S/C22H26N2O3/c1-22(21(26)23-15-17-9-4-3-5-10-17)13-8-14-24(16-22)20(25)18-11-6-7-12-19(18)27-2/h3-7,9-12H,8,13-16H2,1-2H3,(H,23,26)/t22-/m0/s1. The fourth-order valence-electron chi connectivity index (χ4n) is 3.58. The minimum absolute atomic E-state index is 0.0103. The van der Waals surface area contributed by atoms with Gasteiger partial charge < -0.3 is 15.0 Å². The average molecular weight is 366 g/mol. The topological polar surface area (TPSA) is 58.6 Å². The summed E-state index contributed by atoms with van der Waals surface area (Å²) < 4.78 is 5.32. The highest BCUT2D eigenvalue weighted by atomic mass is 16.5. The number of ether oxygens (including phenoxy) is 1. The maximum absolute atomic E-state index is 13.0. The molecule has 1 atom stereocenters. The Morgan fingerprint density at radius 1 is 1.11 bits per heavy atom. The summed E-state index contributed by atoms with van der Waals surface area (Å²) >= 11 is 0. The molecule has 3 rings (SSSR count). The minimum atomic E-state index is -0.593. The molecule has 5 heteroatoms. The third-order valence-electron chi connectivity index (χ3n) is 5.17. The number of piperidine rings is 1. The van der Waals surface area contributed by atoms with Crippen LogP contribution in [0.2, 0.25) is 0 Å². The van der Waals surface area contributed by atoms with Crippen LogP contribution in [0.5, 0.6) is 5.75 Å². The lowest BCUT2D eigenvalue weighted by atomic mass is 9.80. The van der Waals surface area contributed by atoms with E-state index in [1.807, 2.05) is 49.4 Å². The first kappa shape index (κ1) is 19.0. The van der Waals surface area contributed by atoms with E-state index in [-0.39, 0.29) is 11.8 Å². The van der Waals surface area contributed by atoms with Gasteiger partial charge in [0, 0.05) is 19.6 Å². The van der Waals surface area contributed by atoms with E-state index in [0.717, 1.165) is 18.4 Å². The molecule has 0 spiro atoms. The van der Waals surface area contributed by atoms with E-state index >= 15 is 0 Å². The Morgan fingerprint density at radius 2 is 1.81 bits per heavy atom. The molecule has 27 heavy (non-hydrogen) atoms. The van der Waals surface area contributed by atoms with Gasteiger partial charge in [-0.15, -0.1) is 0 Å². The second-order valence-electron chi connectivity index (χ2n) is 7.26. The van der Waals surface area contributed by atoms with E-state index in [2.05, 4.69) is 5.32 Å². The Labute approximate surface area is 160 Å². The van der Waals surface area contributed by atoms with Gasteiger partial charge in [-0.05, 0) is 37.5 Å². The third-order valence-corrected chi connectivity index (χ3v) is 5.17. The molecule has 2 aromatic rings. The first-order valence-electron chi connectivity index (χ1n) is 9.28. The molecule has 0 aromatic heterocycles. The van der Waals surface area contributed by atoms with Crippen molar-refractivity contribution in [1.29, 1.82) is 0 Å². The van der Waals surface area contributed by atoms with Gasteiger partial charge >= 0.3 is 0 Å². The Kier molecular flexibility index (Phi) is 5.79. The summed E-state index contributed by atoms with van der Waals surface area (Å²) in [5.74, 6) is 0.460. The molecule has 1 heterocycles. The largest absolute Gasteiger partial charge is 0.496 e. The predicted molar refractivity (Wildman–Crippen MR) is 105 cm³/mol. The lowest BCUT2D eigenvalue weighted by molar-refractivity contribution is -0.132. The Balaban J connectivity index is 1.68. The van der Waals surface area contributed by atoms with Crippen molar-refractivity contribution in [2.45, 2.75) is 26.3 Å². The van der Waals surface area contributed by atoms with Crippen molar-refractivity contribution in [3.8, 4) is 5.75 Å². The zero-order chi connectivity index (χ0) is 19.3.